The molecule has 3 rings (SSSR count). The Kier molecular flexibility index (Phi) is 3.92. The summed E-state index contributed by atoms with van der Waals surface area (Å²) < 4.78 is 63.7. The van der Waals surface area contributed by atoms with Gasteiger partial charge in [-0.25, -0.2) is 13.3 Å². The molecule has 7 nitrogen and oxygen atoms in total. The van der Waals surface area contributed by atoms with Crippen LogP contribution in [-0.2, 0) is 22.2 Å². The Morgan fingerprint density at radius 1 is 1.42 bits per heavy atom. The number of carbonyl (C=O) groups is 1. The predicted octanol–water partition coefficient (Wildman–Crippen LogP) is 2.98. The van der Waals surface area contributed by atoms with E-state index in [1.54, 1.807) is 0 Å². The van der Waals surface area contributed by atoms with Crippen molar-refractivity contribution in [3.05, 3.63) is 24.0 Å². The van der Waals surface area contributed by atoms with E-state index < -0.39 is 34.7 Å². The van der Waals surface area contributed by atoms with Gasteiger partial charge in [0.25, 0.3) is 11.3 Å². The molecular weight excluding hydrogens is 373 g/mol. The first-order valence-corrected chi connectivity index (χ1v) is 8.32. The molecule has 24 heavy (non-hydrogen) atoms. The molecule has 1 aliphatic carbocycles. The lowest BCUT2D eigenvalue weighted by atomic mass is 10.3. The first-order chi connectivity index (χ1) is 11.1. The predicted molar refractivity (Wildman–Crippen MR) is 77.7 cm³/mol. The van der Waals surface area contributed by atoms with Crippen molar-refractivity contribution < 1.29 is 36.4 Å². The van der Waals surface area contributed by atoms with Gasteiger partial charge in [0.1, 0.15) is 10.7 Å². The van der Waals surface area contributed by atoms with Crippen LogP contribution in [0, 0.1) is 0 Å². The number of halogens is 3. The summed E-state index contributed by atoms with van der Waals surface area (Å²) >= 11 is -1.74. The van der Waals surface area contributed by atoms with Crippen LogP contribution in [0.4, 0.5) is 18.2 Å². The average molecular weight is 382 g/mol. The quantitative estimate of drug-likeness (QED) is 0.771. The Hall–Kier alpha value is -1.92. The van der Waals surface area contributed by atoms with Gasteiger partial charge in [-0.15, -0.1) is 11.3 Å². The molecule has 1 saturated carbocycles. The van der Waals surface area contributed by atoms with Crippen LogP contribution in [0.3, 0.4) is 0 Å². The number of aliphatic carboxylic acids is 1. The number of aromatic nitrogens is 1. The molecule has 2 aromatic rings. The van der Waals surface area contributed by atoms with Crippen LogP contribution in [0.1, 0.15) is 18.6 Å². The zero-order valence-electron chi connectivity index (χ0n) is 11.6. The molecule has 0 saturated heterocycles. The summed E-state index contributed by atoms with van der Waals surface area (Å²) in [6, 6.07) is 3.45. The minimum absolute atomic E-state index is 0.0950. The molecule has 1 fully saturated rings. The number of thiophene rings is 1. The summed E-state index contributed by atoms with van der Waals surface area (Å²) in [5.41, 5.74) is -1.56. The molecular formula is C12H9F3N2O5S2. The molecule has 12 heteroatoms. The minimum Gasteiger partial charge on any atom is -0.479 e. The van der Waals surface area contributed by atoms with Crippen molar-refractivity contribution in [3.63, 3.8) is 0 Å². The van der Waals surface area contributed by atoms with Gasteiger partial charge >= 0.3 is 12.1 Å². The summed E-state index contributed by atoms with van der Waals surface area (Å²) in [4.78, 5) is 11.6. The fraction of sp³-hybridized carbons (Fsp3) is 0.333. The standard InChI is InChI=1S/C12H9F3N2O5S2/c13-12(14,15)8-5-6(16-22-8)7-1-2-9(23-7)17(24(20)21)11(3-4-11)10(18)19/h1-2,5H,3-4H2,(H,18,19)(H,20,21). The van der Waals surface area contributed by atoms with Gasteiger partial charge in [0, 0.05) is 6.07 Å². The summed E-state index contributed by atoms with van der Waals surface area (Å²) in [7, 11) is 0. The third kappa shape index (κ3) is 2.80. The molecule has 0 amide bonds. The second-order valence-electron chi connectivity index (χ2n) is 5.07. The molecule has 0 spiro atoms. The maximum Gasteiger partial charge on any atom is 0.452 e. The lowest BCUT2D eigenvalue weighted by Gasteiger charge is -2.24. The van der Waals surface area contributed by atoms with Gasteiger partial charge in [-0.1, -0.05) is 5.16 Å². The molecule has 2 N–H and O–H groups in total. The molecule has 130 valence electrons. The van der Waals surface area contributed by atoms with Crippen molar-refractivity contribution in [2.75, 3.05) is 4.31 Å². The average Bonchev–Trinajstić information content (AvgIpc) is 2.91. The SMILES string of the molecule is O=C(O)C1(N(c2ccc(-c3cc(C(F)(F)F)on3)s2)S(=O)O)CC1. The number of nitrogens with zero attached hydrogens (tertiary/aromatic N) is 2. The maximum atomic E-state index is 12.5. The van der Waals surface area contributed by atoms with Gasteiger partial charge in [0.2, 0.25) is 5.76 Å². The molecule has 2 aromatic heterocycles. The number of anilines is 1. The zero-order valence-corrected chi connectivity index (χ0v) is 13.2. The van der Waals surface area contributed by atoms with Gasteiger partial charge in [0.05, 0.1) is 4.88 Å². The van der Waals surface area contributed by atoms with Crippen LogP contribution in [0.5, 0.6) is 0 Å². The Morgan fingerprint density at radius 3 is 2.54 bits per heavy atom. The van der Waals surface area contributed by atoms with E-state index in [4.69, 9.17) is 0 Å². The lowest BCUT2D eigenvalue weighted by molar-refractivity contribution is -0.155. The van der Waals surface area contributed by atoms with Crippen molar-refractivity contribution in [2.45, 2.75) is 24.6 Å². The van der Waals surface area contributed by atoms with Crippen LogP contribution < -0.4 is 4.31 Å². The van der Waals surface area contributed by atoms with Crippen molar-refractivity contribution in [3.8, 4) is 10.6 Å². The van der Waals surface area contributed by atoms with E-state index in [0.29, 0.717) is 6.07 Å². The lowest BCUT2D eigenvalue weighted by Crippen LogP contribution is -2.44. The Bertz CT molecular complexity index is 812. The first-order valence-electron chi connectivity index (χ1n) is 6.44. The van der Waals surface area contributed by atoms with E-state index in [1.165, 1.54) is 12.1 Å². The van der Waals surface area contributed by atoms with Gasteiger partial charge < -0.3 is 9.63 Å². The van der Waals surface area contributed by atoms with Crippen LogP contribution in [0.15, 0.2) is 22.7 Å². The molecule has 1 aliphatic rings. The molecule has 1 atom stereocenters. The van der Waals surface area contributed by atoms with Crippen LogP contribution in [0.25, 0.3) is 10.6 Å². The highest BCUT2D eigenvalue weighted by molar-refractivity contribution is 7.81. The third-order valence-corrected chi connectivity index (χ3v) is 5.57. The van der Waals surface area contributed by atoms with E-state index in [0.717, 1.165) is 15.6 Å². The number of alkyl halides is 3. The summed E-state index contributed by atoms with van der Waals surface area (Å²) in [5.74, 6) is -2.50. The Morgan fingerprint density at radius 2 is 2.08 bits per heavy atom. The molecule has 0 aromatic carbocycles. The van der Waals surface area contributed by atoms with E-state index in [1.807, 2.05) is 0 Å². The van der Waals surface area contributed by atoms with E-state index in [9.17, 15) is 31.8 Å². The minimum atomic E-state index is -4.68. The second kappa shape index (κ2) is 5.57. The second-order valence-corrected chi connectivity index (χ2v) is 6.96. The number of hydrogen-bond donors (Lipinski definition) is 2. The monoisotopic (exact) mass is 382 g/mol. The third-order valence-electron chi connectivity index (χ3n) is 3.50. The molecule has 0 aliphatic heterocycles. The molecule has 0 radical (unpaired) electrons. The van der Waals surface area contributed by atoms with Crippen LogP contribution >= 0.6 is 11.3 Å². The maximum absolute atomic E-state index is 12.5. The summed E-state index contributed by atoms with van der Waals surface area (Å²) in [5, 5.41) is 12.7. The van der Waals surface area contributed by atoms with Gasteiger partial charge in [-0.3, -0.25) is 4.55 Å². The Labute approximate surface area is 139 Å². The number of hydrogen-bond acceptors (Lipinski definition) is 5. The summed E-state index contributed by atoms with van der Waals surface area (Å²) in [6.45, 7) is 0. The highest BCUT2D eigenvalue weighted by Gasteiger charge is 2.58. The fourth-order valence-corrected chi connectivity index (χ4v) is 4.19. The van der Waals surface area contributed by atoms with Crippen molar-refractivity contribution in [1.29, 1.82) is 0 Å². The van der Waals surface area contributed by atoms with Crippen LogP contribution in [0.2, 0.25) is 0 Å². The van der Waals surface area contributed by atoms with Crippen molar-refractivity contribution in [2.24, 2.45) is 0 Å². The van der Waals surface area contributed by atoms with E-state index >= 15 is 0 Å². The van der Waals surface area contributed by atoms with Crippen molar-refractivity contribution >= 4 is 33.6 Å². The largest absolute Gasteiger partial charge is 0.479 e. The van der Waals surface area contributed by atoms with Crippen LogP contribution in [-0.4, -0.2) is 30.5 Å². The first kappa shape index (κ1) is 16.9. The van der Waals surface area contributed by atoms with Gasteiger partial charge in [-0.2, -0.15) is 13.2 Å². The van der Waals surface area contributed by atoms with Gasteiger partial charge in [-0.05, 0) is 25.0 Å². The number of carboxylic acids is 1. The van der Waals surface area contributed by atoms with E-state index in [-0.39, 0.29) is 28.4 Å². The van der Waals surface area contributed by atoms with E-state index in [2.05, 4.69) is 9.68 Å². The molecule has 0 bridgehead atoms. The van der Waals surface area contributed by atoms with Crippen molar-refractivity contribution in [1.82, 2.24) is 5.16 Å². The number of carboxylic acid groups (broad SMARTS) is 1. The Balaban J connectivity index is 1.94. The summed E-state index contributed by atoms with van der Waals surface area (Å²) in [6.07, 6.45) is -4.28. The fourth-order valence-electron chi connectivity index (χ4n) is 2.16. The topological polar surface area (TPSA) is 104 Å². The highest BCUT2D eigenvalue weighted by Crippen LogP contribution is 2.48. The molecule has 2 heterocycles. The number of rotatable bonds is 5. The zero-order chi connectivity index (χ0) is 17.7. The van der Waals surface area contributed by atoms with Gasteiger partial charge in [0.15, 0.2) is 5.54 Å². The smallest absolute Gasteiger partial charge is 0.452 e. The normalized spacial score (nSPS) is 17.5. The highest BCUT2D eigenvalue weighted by atomic mass is 32.2. The molecule has 1 unspecified atom stereocenters.